The number of hydrogen-bond acceptors (Lipinski definition) is 2. The second-order valence-electron chi connectivity index (χ2n) is 5.54. The van der Waals surface area contributed by atoms with Crippen molar-refractivity contribution in [3.8, 4) is 0 Å². The molecule has 0 aromatic rings. The third-order valence-corrected chi connectivity index (χ3v) is 2.82. The number of amides is 1. The lowest BCUT2D eigenvalue weighted by Gasteiger charge is -2.34. The fourth-order valence-electron chi connectivity index (χ4n) is 1.94. The van der Waals surface area contributed by atoms with Gasteiger partial charge in [-0.3, -0.25) is 4.90 Å². The Labute approximate surface area is 114 Å². The zero-order chi connectivity index (χ0) is 13.9. The Balaban J connectivity index is 2.90. The summed E-state index contributed by atoms with van der Waals surface area (Å²) in [5, 5.41) is 0.686. The minimum Gasteiger partial charge on any atom is -0.443 e. The summed E-state index contributed by atoms with van der Waals surface area (Å²) in [6.45, 7) is 9.56. The number of allylic oxidation sites excluding steroid dienone is 3. The zero-order valence-corrected chi connectivity index (χ0v) is 12.5. The average Bonchev–Trinajstić information content (AvgIpc) is 2.13. The summed E-state index contributed by atoms with van der Waals surface area (Å²) in [5.74, 6) is 0. The molecule has 0 saturated carbocycles. The lowest BCUT2D eigenvalue weighted by atomic mass is 10.1. The van der Waals surface area contributed by atoms with Crippen molar-refractivity contribution in [3.63, 3.8) is 0 Å². The van der Waals surface area contributed by atoms with Gasteiger partial charge in [-0.15, -0.1) is 0 Å². The molecular weight excluding hydrogens is 250 g/mol. The third-order valence-electron chi connectivity index (χ3n) is 2.58. The Morgan fingerprint density at radius 2 is 2.11 bits per heavy atom. The molecule has 1 amide bonds. The van der Waals surface area contributed by atoms with Gasteiger partial charge in [0.2, 0.25) is 0 Å². The van der Waals surface area contributed by atoms with Crippen LogP contribution in [0.2, 0.25) is 0 Å². The maximum absolute atomic E-state index is 12.2. The van der Waals surface area contributed by atoms with Crippen LogP contribution in [0.4, 0.5) is 4.79 Å². The Kier molecular flexibility index (Phi) is 4.85. The van der Waals surface area contributed by atoms with Gasteiger partial charge in [0.1, 0.15) is 5.60 Å². The van der Waals surface area contributed by atoms with Crippen molar-refractivity contribution in [1.82, 2.24) is 4.90 Å². The van der Waals surface area contributed by atoms with E-state index in [1.54, 1.807) is 11.0 Å². The predicted molar refractivity (Wildman–Crippen MR) is 74.5 cm³/mol. The van der Waals surface area contributed by atoms with Crippen LogP contribution in [0, 0.1) is 0 Å². The minimum atomic E-state index is -0.487. The van der Waals surface area contributed by atoms with Crippen molar-refractivity contribution < 1.29 is 9.53 Å². The van der Waals surface area contributed by atoms with Crippen LogP contribution in [0.25, 0.3) is 0 Å². The summed E-state index contributed by atoms with van der Waals surface area (Å²) in [7, 11) is 0. The maximum atomic E-state index is 12.2. The molecule has 1 unspecified atom stereocenters. The van der Waals surface area contributed by atoms with Gasteiger partial charge < -0.3 is 4.74 Å². The van der Waals surface area contributed by atoms with Gasteiger partial charge in [0, 0.05) is 10.7 Å². The van der Waals surface area contributed by atoms with Gasteiger partial charge in [0.25, 0.3) is 0 Å². The van der Waals surface area contributed by atoms with E-state index in [2.05, 4.69) is 6.92 Å². The summed E-state index contributed by atoms with van der Waals surface area (Å²) in [6.07, 6.45) is 5.24. The van der Waals surface area contributed by atoms with Crippen molar-refractivity contribution in [1.29, 1.82) is 0 Å². The second-order valence-corrected chi connectivity index (χ2v) is 5.98. The Bertz CT molecular complexity index is 380. The molecule has 0 spiro atoms. The zero-order valence-electron chi connectivity index (χ0n) is 11.8. The summed E-state index contributed by atoms with van der Waals surface area (Å²) in [4.78, 5) is 13.9. The van der Waals surface area contributed by atoms with Gasteiger partial charge in [-0.25, -0.2) is 4.79 Å². The molecular formula is C14H22ClNO2. The van der Waals surface area contributed by atoms with Crippen LogP contribution < -0.4 is 0 Å². The molecule has 1 aliphatic heterocycles. The molecule has 0 radical (unpaired) electrons. The molecule has 0 fully saturated rings. The molecule has 1 rings (SSSR count). The lowest BCUT2D eigenvalue weighted by molar-refractivity contribution is 0.0264. The van der Waals surface area contributed by atoms with Gasteiger partial charge in [-0.2, -0.15) is 0 Å². The quantitative estimate of drug-likeness (QED) is 0.743. The van der Waals surface area contributed by atoms with Crippen LogP contribution in [0.1, 0.15) is 47.5 Å². The molecule has 102 valence electrons. The molecule has 0 saturated heterocycles. The number of carbonyl (C=O) groups is 1. The van der Waals surface area contributed by atoms with Crippen molar-refractivity contribution in [3.05, 3.63) is 22.9 Å². The van der Waals surface area contributed by atoms with Crippen LogP contribution in [0.15, 0.2) is 22.9 Å². The fourth-order valence-corrected chi connectivity index (χ4v) is 2.24. The van der Waals surface area contributed by atoms with E-state index in [0.717, 1.165) is 18.5 Å². The molecule has 1 heterocycles. The SMILES string of the molecule is CCCC1C=C(Cl)C=C(C)N1C(=O)OC(C)(C)C. The number of ether oxygens (including phenoxy) is 1. The molecule has 0 aromatic carbocycles. The van der Waals surface area contributed by atoms with E-state index in [1.807, 2.05) is 33.8 Å². The summed E-state index contributed by atoms with van der Waals surface area (Å²) < 4.78 is 5.43. The van der Waals surface area contributed by atoms with Crippen LogP contribution >= 0.6 is 11.6 Å². The smallest absolute Gasteiger partial charge is 0.415 e. The van der Waals surface area contributed by atoms with E-state index in [1.165, 1.54) is 0 Å². The molecule has 3 nitrogen and oxygen atoms in total. The number of carbonyl (C=O) groups excluding carboxylic acids is 1. The number of nitrogens with zero attached hydrogens (tertiary/aromatic N) is 1. The number of halogens is 1. The van der Waals surface area contributed by atoms with E-state index >= 15 is 0 Å². The Hall–Kier alpha value is -0.960. The Morgan fingerprint density at radius 1 is 1.50 bits per heavy atom. The topological polar surface area (TPSA) is 29.5 Å². The highest BCUT2D eigenvalue weighted by molar-refractivity contribution is 6.31. The van der Waals surface area contributed by atoms with Crippen molar-refractivity contribution in [2.24, 2.45) is 0 Å². The number of rotatable bonds is 2. The normalized spacial score (nSPS) is 20.3. The van der Waals surface area contributed by atoms with Crippen LogP contribution in [-0.2, 0) is 4.74 Å². The van der Waals surface area contributed by atoms with Crippen LogP contribution in [-0.4, -0.2) is 22.6 Å². The van der Waals surface area contributed by atoms with E-state index in [9.17, 15) is 4.79 Å². The monoisotopic (exact) mass is 271 g/mol. The maximum Gasteiger partial charge on any atom is 0.415 e. The van der Waals surface area contributed by atoms with Gasteiger partial charge in [0.05, 0.1) is 6.04 Å². The summed E-state index contributed by atoms with van der Waals surface area (Å²) in [5.41, 5.74) is 0.342. The molecule has 1 aliphatic rings. The first-order chi connectivity index (χ1) is 8.24. The van der Waals surface area contributed by atoms with Crippen molar-refractivity contribution in [2.45, 2.75) is 59.1 Å². The molecule has 18 heavy (non-hydrogen) atoms. The van der Waals surface area contributed by atoms with E-state index in [0.29, 0.717) is 5.03 Å². The fraction of sp³-hybridized carbons (Fsp3) is 0.643. The van der Waals surface area contributed by atoms with Gasteiger partial charge in [0.15, 0.2) is 0 Å². The molecule has 0 bridgehead atoms. The van der Waals surface area contributed by atoms with E-state index < -0.39 is 5.60 Å². The average molecular weight is 272 g/mol. The minimum absolute atomic E-state index is 0.0117. The van der Waals surface area contributed by atoms with Crippen LogP contribution in [0.3, 0.4) is 0 Å². The largest absolute Gasteiger partial charge is 0.443 e. The molecule has 0 N–H and O–H groups in total. The number of hydrogen-bond donors (Lipinski definition) is 0. The first kappa shape index (κ1) is 15.1. The van der Waals surface area contributed by atoms with E-state index in [4.69, 9.17) is 16.3 Å². The Morgan fingerprint density at radius 3 is 2.61 bits per heavy atom. The summed E-state index contributed by atoms with van der Waals surface area (Å²) >= 11 is 6.05. The highest BCUT2D eigenvalue weighted by Crippen LogP contribution is 2.27. The highest BCUT2D eigenvalue weighted by atomic mass is 35.5. The van der Waals surface area contributed by atoms with E-state index in [-0.39, 0.29) is 12.1 Å². The van der Waals surface area contributed by atoms with Crippen molar-refractivity contribution in [2.75, 3.05) is 0 Å². The van der Waals surface area contributed by atoms with Crippen LogP contribution in [0.5, 0.6) is 0 Å². The highest BCUT2D eigenvalue weighted by Gasteiger charge is 2.30. The van der Waals surface area contributed by atoms with Gasteiger partial charge in [-0.1, -0.05) is 24.9 Å². The predicted octanol–water partition coefficient (Wildman–Crippen LogP) is 4.43. The first-order valence-electron chi connectivity index (χ1n) is 6.32. The molecule has 1 atom stereocenters. The van der Waals surface area contributed by atoms with Crippen molar-refractivity contribution >= 4 is 17.7 Å². The standard InChI is InChI=1S/C14H22ClNO2/c1-6-7-12-9-11(15)8-10(2)16(12)13(17)18-14(3,4)5/h8-9,12H,6-7H2,1-5H3. The molecule has 4 heteroatoms. The lowest BCUT2D eigenvalue weighted by Crippen LogP contribution is -2.42. The second kappa shape index (κ2) is 5.79. The first-order valence-corrected chi connectivity index (χ1v) is 6.70. The molecule has 0 aromatic heterocycles. The third kappa shape index (κ3) is 4.05. The molecule has 0 aliphatic carbocycles. The summed E-state index contributed by atoms with van der Waals surface area (Å²) in [6, 6.07) is -0.0117. The van der Waals surface area contributed by atoms with Gasteiger partial charge in [-0.05, 0) is 46.3 Å². The van der Waals surface area contributed by atoms with Gasteiger partial charge >= 0.3 is 6.09 Å².